The molecule has 0 saturated carbocycles. The van der Waals surface area contributed by atoms with Gasteiger partial charge in [-0.1, -0.05) is 6.92 Å². The summed E-state index contributed by atoms with van der Waals surface area (Å²) in [6.45, 7) is 4.45. The zero-order valence-electron chi connectivity index (χ0n) is 10.4. The monoisotopic (exact) mass is 239 g/mol. The van der Waals surface area contributed by atoms with Crippen molar-refractivity contribution in [2.24, 2.45) is 5.92 Å². The Morgan fingerprint density at radius 3 is 2.94 bits per heavy atom. The number of hydrogen-bond acceptors (Lipinski definition) is 2. The molecule has 0 aliphatic carbocycles. The highest BCUT2D eigenvalue weighted by atomic mass is 16.2. The minimum atomic E-state index is 0.0256. The summed E-state index contributed by atoms with van der Waals surface area (Å²) in [6, 6.07) is 0.120. The zero-order valence-corrected chi connectivity index (χ0v) is 10.4. The van der Waals surface area contributed by atoms with E-state index in [9.17, 15) is 9.59 Å². The number of urea groups is 1. The van der Waals surface area contributed by atoms with Crippen molar-refractivity contribution in [1.29, 1.82) is 0 Å². The largest absolute Gasteiger partial charge is 0.354 e. The topological polar surface area (TPSA) is 61.4 Å². The normalized spacial score (nSPS) is 29.7. The van der Waals surface area contributed by atoms with Crippen LogP contribution in [0.3, 0.4) is 0 Å². The maximum atomic E-state index is 12.0. The van der Waals surface area contributed by atoms with Crippen LogP contribution in [-0.2, 0) is 4.79 Å². The van der Waals surface area contributed by atoms with Gasteiger partial charge in [0.05, 0.1) is 0 Å². The van der Waals surface area contributed by atoms with E-state index in [1.54, 1.807) is 0 Å². The number of amides is 3. The van der Waals surface area contributed by atoms with Crippen LogP contribution in [0.4, 0.5) is 4.79 Å². The molecule has 2 aliphatic rings. The molecule has 2 aliphatic heterocycles. The quantitative estimate of drug-likeness (QED) is 0.708. The van der Waals surface area contributed by atoms with E-state index in [-0.39, 0.29) is 18.0 Å². The van der Waals surface area contributed by atoms with Gasteiger partial charge in [0.15, 0.2) is 0 Å². The highest BCUT2D eigenvalue weighted by molar-refractivity contribution is 5.78. The van der Waals surface area contributed by atoms with Gasteiger partial charge in [0.1, 0.15) is 0 Å². The molecule has 96 valence electrons. The van der Waals surface area contributed by atoms with Gasteiger partial charge in [-0.3, -0.25) is 4.79 Å². The van der Waals surface area contributed by atoms with Gasteiger partial charge in [0, 0.05) is 32.1 Å². The molecule has 2 fully saturated rings. The molecule has 2 rings (SSSR count). The average Bonchev–Trinajstić information content (AvgIpc) is 2.32. The lowest BCUT2D eigenvalue weighted by atomic mass is 10.0. The van der Waals surface area contributed by atoms with E-state index in [1.807, 2.05) is 4.90 Å². The number of likely N-dealkylation sites (tertiary alicyclic amines) is 1. The molecule has 0 aromatic carbocycles. The third-order valence-corrected chi connectivity index (χ3v) is 3.54. The average molecular weight is 239 g/mol. The molecule has 0 aromatic rings. The molecule has 0 aromatic heterocycles. The maximum absolute atomic E-state index is 12.0. The van der Waals surface area contributed by atoms with Crippen molar-refractivity contribution >= 4 is 11.9 Å². The minimum Gasteiger partial charge on any atom is -0.354 e. The molecule has 17 heavy (non-hydrogen) atoms. The fourth-order valence-corrected chi connectivity index (χ4v) is 2.50. The summed E-state index contributed by atoms with van der Waals surface area (Å²) < 4.78 is 0. The lowest BCUT2D eigenvalue weighted by molar-refractivity contribution is -0.122. The molecule has 0 spiro atoms. The van der Waals surface area contributed by atoms with Crippen LogP contribution in [0.5, 0.6) is 0 Å². The number of nitrogens with zero attached hydrogens (tertiary/aromatic N) is 1. The number of carbonyl (C=O) groups is 2. The molecule has 2 heterocycles. The second-order valence-corrected chi connectivity index (χ2v) is 5.18. The van der Waals surface area contributed by atoms with Crippen molar-refractivity contribution in [3.8, 4) is 0 Å². The predicted molar refractivity (Wildman–Crippen MR) is 64.5 cm³/mol. The van der Waals surface area contributed by atoms with Gasteiger partial charge in [-0.15, -0.1) is 0 Å². The predicted octanol–water partition coefficient (Wildman–Crippen LogP) is 0.706. The summed E-state index contributed by atoms with van der Waals surface area (Å²) in [6.07, 6.45) is 3.57. The van der Waals surface area contributed by atoms with Gasteiger partial charge in [-0.05, 0) is 25.2 Å². The second-order valence-electron chi connectivity index (χ2n) is 5.18. The summed E-state index contributed by atoms with van der Waals surface area (Å²) in [5.74, 6) is 0.683. The van der Waals surface area contributed by atoms with E-state index in [4.69, 9.17) is 0 Å². The number of hydrogen-bond donors (Lipinski definition) is 2. The van der Waals surface area contributed by atoms with Crippen molar-refractivity contribution < 1.29 is 9.59 Å². The SMILES string of the molecule is CC1CCCN(C(=O)NC2CCC(=O)NC2)C1. The zero-order chi connectivity index (χ0) is 12.3. The van der Waals surface area contributed by atoms with Crippen LogP contribution in [-0.4, -0.2) is 42.5 Å². The maximum Gasteiger partial charge on any atom is 0.317 e. The minimum absolute atomic E-state index is 0.0256. The molecule has 3 amide bonds. The van der Waals surface area contributed by atoms with Crippen molar-refractivity contribution in [3.05, 3.63) is 0 Å². The lowest BCUT2D eigenvalue weighted by Crippen LogP contribution is -2.53. The summed E-state index contributed by atoms with van der Waals surface area (Å²) >= 11 is 0. The number of nitrogens with one attached hydrogen (secondary N) is 2. The molecule has 2 unspecified atom stereocenters. The first kappa shape index (κ1) is 12.2. The van der Waals surface area contributed by atoms with Crippen molar-refractivity contribution in [1.82, 2.24) is 15.5 Å². The number of carbonyl (C=O) groups excluding carboxylic acids is 2. The second kappa shape index (κ2) is 5.38. The standard InChI is InChI=1S/C12H21N3O2/c1-9-3-2-6-15(8-9)12(17)14-10-4-5-11(16)13-7-10/h9-10H,2-8H2,1H3,(H,13,16)(H,14,17). The van der Waals surface area contributed by atoms with E-state index in [2.05, 4.69) is 17.6 Å². The Balaban J connectivity index is 1.78. The lowest BCUT2D eigenvalue weighted by Gasteiger charge is -2.33. The van der Waals surface area contributed by atoms with Gasteiger partial charge in [-0.2, -0.15) is 0 Å². The summed E-state index contributed by atoms with van der Waals surface area (Å²) in [5.41, 5.74) is 0. The van der Waals surface area contributed by atoms with Crippen LogP contribution in [0, 0.1) is 5.92 Å². The van der Waals surface area contributed by atoms with Crippen LogP contribution in [0.1, 0.15) is 32.6 Å². The summed E-state index contributed by atoms with van der Waals surface area (Å²) in [5, 5.41) is 5.78. The van der Waals surface area contributed by atoms with E-state index in [1.165, 1.54) is 6.42 Å². The Morgan fingerprint density at radius 2 is 2.29 bits per heavy atom. The first-order valence-corrected chi connectivity index (χ1v) is 6.47. The van der Waals surface area contributed by atoms with E-state index in [0.717, 1.165) is 25.9 Å². The van der Waals surface area contributed by atoms with Crippen LogP contribution in [0.25, 0.3) is 0 Å². The highest BCUT2D eigenvalue weighted by Crippen LogP contribution is 2.15. The van der Waals surface area contributed by atoms with Crippen molar-refractivity contribution in [2.75, 3.05) is 19.6 Å². The Morgan fingerprint density at radius 1 is 1.47 bits per heavy atom. The van der Waals surface area contributed by atoms with E-state index in [0.29, 0.717) is 18.9 Å². The van der Waals surface area contributed by atoms with Crippen molar-refractivity contribution in [3.63, 3.8) is 0 Å². The molecular formula is C12H21N3O2. The molecule has 2 N–H and O–H groups in total. The smallest absolute Gasteiger partial charge is 0.317 e. The number of rotatable bonds is 1. The van der Waals surface area contributed by atoms with Crippen molar-refractivity contribution in [2.45, 2.75) is 38.6 Å². The Bertz CT molecular complexity index is 296. The van der Waals surface area contributed by atoms with Crippen LogP contribution < -0.4 is 10.6 Å². The van der Waals surface area contributed by atoms with Gasteiger partial charge < -0.3 is 15.5 Å². The van der Waals surface area contributed by atoms with Gasteiger partial charge in [0.25, 0.3) is 0 Å². The Hall–Kier alpha value is -1.26. The third kappa shape index (κ3) is 3.35. The van der Waals surface area contributed by atoms with E-state index >= 15 is 0 Å². The first-order chi connectivity index (χ1) is 8.15. The molecule has 5 heteroatoms. The van der Waals surface area contributed by atoms with Crippen LogP contribution in [0.15, 0.2) is 0 Å². The fourth-order valence-electron chi connectivity index (χ4n) is 2.50. The van der Waals surface area contributed by atoms with Gasteiger partial charge in [0.2, 0.25) is 5.91 Å². The number of piperidine rings is 2. The molecule has 2 atom stereocenters. The highest BCUT2D eigenvalue weighted by Gasteiger charge is 2.24. The first-order valence-electron chi connectivity index (χ1n) is 6.47. The molecule has 0 radical (unpaired) electrons. The fraction of sp³-hybridized carbons (Fsp3) is 0.833. The molecular weight excluding hydrogens is 218 g/mol. The van der Waals surface area contributed by atoms with E-state index < -0.39 is 0 Å². The molecule has 5 nitrogen and oxygen atoms in total. The molecule has 2 saturated heterocycles. The Kier molecular flexibility index (Phi) is 3.86. The Labute approximate surface area is 102 Å². The molecule has 0 bridgehead atoms. The third-order valence-electron chi connectivity index (χ3n) is 3.54. The van der Waals surface area contributed by atoms with Crippen LogP contribution >= 0.6 is 0 Å². The summed E-state index contributed by atoms with van der Waals surface area (Å²) in [7, 11) is 0. The summed E-state index contributed by atoms with van der Waals surface area (Å²) in [4.78, 5) is 24.9. The van der Waals surface area contributed by atoms with Crippen LogP contribution in [0.2, 0.25) is 0 Å². The van der Waals surface area contributed by atoms with Gasteiger partial charge in [-0.25, -0.2) is 4.79 Å². The van der Waals surface area contributed by atoms with Gasteiger partial charge >= 0.3 is 6.03 Å².